The van der Waals surface area contributed by atoms with E-state index in [0.717, 1.165) is 18.4 Å². The fourth-order valence-corrected chi connectivity index (χ4v) is 2.37. The van der Waals surface area contributed by atoms with E-state index in [0.29, 0.717) is 6.42 Å². The highest BCUT2D eigenvalue weighted by molar-refractivity contribution is 5.74. The molecule has 0 aromatic heterocycles. The van der Waals surface area contributed by atoms with Crippen molar-refractivity contribution in [3.63, 3.8) is 0 Å². The van der Waals surface area contributed by atoms with E-state index in [1.807, 2.05) is 37.3 Å². The number of carbonyl (C=O) groups excluding carboxylic acids is 1. The lowest BCUT2D eigenvalue weighted by Gasteiger charge is -2.30. The fourth-order valence-electron chi connectivity index (χ4n) is 2.37. The predicted octanol–water partition coefficient (Wildman–Crippen LogP) is 3.36. The molecule has 1 aromatic carbocycles. The van der Waals surface area contributed by atoms with Crippen molar-refractivity contribution >= 4 is 5.97 Å². The van der Waals surface area contributed by atoms with Crippen LogP contribution in [0.4, 0.5) is 4.39 Å². The molecule has 17 heavy (non-hydrogen) atoms. The van der Waals surface area contributed by atoms with E-state index in [9.17, 15) is 9.18 Å². The van der Waals surface area contributed by atoms with Crippen molar-refractivity contribution in [1.29, 1.82) is 0 Å². The van der Waals surface area contributed by atoms with Gasteiger partial charge in [-0.2, -0.15) is 0 Å². The van der Waals surface area contributed by atoms with Crippen molar-refractivity contribution in [2.75, 3.05) is 0 Å². The molecule has 2 rings (SSSR count). The molecule has 0 bridgehead atoms. The van der Waals surface area contributed by atoms with Crippen LogP contribution in [0.5, 0.6) is 0 Å². The summed E-state index contributed by atoms with van der Waals surface area (Å²) < 4.78 is 19.5. The summed E-state index contributed by atoms with van der Waals surface area (Å²) in [5, 5.41) is 0. The number of cyclic esters (lactones) is 1. The van der Waals surface area contributed by atoms with Gasteiger partial charge in [0.05, 0.1) is 6.42 Å². The standard InChI is InChI=1S/C14H17FO2/c1-2-3-9-14(11-7-5-4-6-8-11)12(15)10-13(16)17-14/h4-8,12H,2-3,9-10H2,1H3/t12-,14-/m0/s1. The highest BCUT2D eigenvalue weighted by atomic mass is 19.1. The Bertz CT molecular complexity index is 390. The summed E-state index contributed by atoms with van der Waals surface area (Å²) in [5.74, 6) is -0.433. The Morgan fingerprint density at radius 1 is 1.41 bits per heavy atom. The van der Waals surface area contributed by atoms with Gasteiger partial charge >= 0.3 is 5.97 Å². The Morgan fingerprint density at radius 3 is 2.65 bits per heavy atom. The topological polar surface area (TPSA) is 26.3 Å². The molecule has 0 spiro atoms. The Labute approximate surface area is 101 Å². The number of carbonyl (C=O) groups is 1. The third-order valence-corrected chi connectivity index (χ3v) is 3.31. The summed E-state index contributed by atoms with van der Waals surface area (Å²) in [7, 11) is 0. The van der Waals surface area contributed by atoms with Crippen molar-refractivity contribution < 1.29 is 13.9 Å². The van der Waals surface area contributed by atoms with Crippen LogP contribution in [0.1, 0.15) is 38.2 Å². The number of hydrogen-bond acceptors (Lipinski definition) is 2. The van der Waals surface area contributed by atoms with Gasteiger partial charge in [0.2, 0.25) is 0 Å². The molecule has 0 aliphatic carbocycles. The number of ether oxygens (including phenoxy) is 1. The molecule has 2 atom stereocenters. The highest BCUT2D eigenvalue weighted by Gasteiger charge is 2.50. The molecule has 1 aliphatic heterocycles. The monoisotopic (exact) mass is 236 g/mol. The van der Waals surface area contributed by atoms with E-state index in [1.54, 1.807) is 0 Å². The summed E-state index contributed by atoms with van der Waals surface area (Å²) in [6.07, 6.45) is 1.00. The average Bonchev–Trinajstić information content (AvgIpc) is 2.64. The number of hydrogen-bond donors (Lipinski definition) is 0. The van der Waals surface area contributed by atoms with Gasteiger partial charge in [-0.05, 0) is 18.4 Å². The van der Waals surface area contributed by atoms with Gasteiger partial charge in [-0.1, -0.05) is 43.7 Å². The molecule has 3 heteroatoms. The van der Waals surface area contributed by atoms with Crippen LogP contribution in [-0.4, -0.2) is 12.1 Å². The van der Waals surface area contributed by atoms with Crippen molar-refractivity contribution in [1.82, 2.24) is 0 Å². The Hall–Kier alpha value is -1.38. The first kappa shape index (κ1) is 12.1. The van der Waals surface area contributed by atoms with Crippen molar-refractivity contribution in [3.05, 3.63) is 35.9 Å². The smallest absolute Gasteiger partial charge is 0.309 e. The van der Waals surface area contributed by atoms with Gasteiger partial charge in [0.15, 0.2) is 11.8 Å². The molecule has 1 fully saturated rings. The maximum atomic E-state index is 14.2. The van der Waals surface area contributed by atoms with Gasteiger partial charge in [-0.15, -0.1) is 0 Å². The Kier molecular flexibility index (Phi) is 3.46. The van der Waals surface area contributed by atoms with Gasteiger partial charge in [0.1, 0.15) is 0 Å². The molecule has 1 aliphatic rings. The van der Waals surface area contributed by atoms with Crippen LogP contribution >= 0.6 is 0 Å². The number of alkyl halides is 1. The van der Waals surface area contributed by atoms with Gasteiger partial charge in [-0.25, -0.2) is 4.39 Å². The third kappa shape index (κ3) is 2.19. The molecule has 0 saturated carbocycles. The number of esters is 1. The van der Waals surface area contributed by atoms with Crippen molar-refractivity contribution in [2.24, 2.45) is 0 Å². The van der Waals surface area contributed by atoms with Gasteiger partial charge in [-0.3, -0.25) is 4.79 Å². The van der Waals surface area contributed by atoms with Crippen molar-refractivity contribution in [2.45, 2.75) is 44.4 Å². The largest absolute Gasteiger partial charge is 0.451 e. The Morgan fingerprint density at radius 2 is 2.12 bits per heavy atom. The minimum absolute atomic E-state index is 0.126. The van der Waals surface area contributed by atoms with Crippen LogP contribution in [0, 0.1) is 0 Å². The molecule has 2 nitrogen and oxygen atoms in total. The summed E-state index contributed by atoms with van der Waals surface area (Å²) in [4.78, 5) is 11.3. The summed E-state index contributed by atoms with van der Waals surface area (Å²) in [6, 6.07) is 9.24. The first-order chi connectivity index (χ1) is 8.19. The van der Waals surface area contributed by atoms with E-state index in [2.05, 4.69) is 0 Å². The molecule has 0 unspecified atom stereocenters. The minimum Gasteiger partial charge on any atom is -0.451 e. The van der Waals surface area contributed by atoms with Crippen LogP contribution in [0.25, 0.3) is 0 Å². The summed E-state index contributed by atoms with van der Waals surface area (Å²) in [6.45, 7) is 2.04. The normalized spacial score (nSPS) is 28.1. The van der Waals surface area contributed by atoms with Crippen molar-refractivity contribution in [3.8, 4) is 0 Å². The van der Waals surface area contributed by atoms with E-state index in [-0.39, 0.29) is 6.42 Å². The molecule has 1 heterocycles. The molecular formula is C14H17FO2. The fraction of sp³-hybridized carbons (Fsp3) is 0.500. The first-order valence-corrected chi connectivity index (χ1v) is 6.10. The maximum Gasteiger partial charge on any atom is 0.309 e. The van der Waals surface area contributed by atoms with Gasteiger partial charge < -0.3 is 4.74 Å². The van der Waals surface area contributed by atoms with E-state index < -0.39 is 17.7 Å². The average molecular weight is 236 g/mol. The summed E-state index contributed by atoms with van der Waals surface area (Å²) in [5.41, 5.74) is -0.277. The number of rotatable bonds is 4. The molecule has 1 aromatic rings. The zero-order valence-corrected chi connectivity index (χ0v) is 9.99. The lowest BCUT2D eigenvalue weighted by Crippen LogP contribution is -2.34. The quantitative estimate of drug-likeness (QED) is 0.749. The van der Waals surface area contributed by atoms with Crippen LogP contribution < -0.4 is 0 Å². The zero-order valence-electron chi connectivity index (χ0n) is 9.99. The second-order valence-corrected chi connectivity index (χ2v) is 4.50. The molecule has 0 amide bonds. The maximum absolute atomic E-state index is 14.2. The number of benzene rings is 1. The first-order valence-electron chi connectivity index (χ1n) is 6.10. The minimum atomic E-state index is -1.23. The summed E-state index contributed by atoms with van der Waals surface area (Å²) >= 11 is 0. The molecule has 92 valence electrons. The van der Waals surface area contributed by atoms with Crippen LogP contribution in [0.15, 0.2) is 30.3 Å². The van der Waals surface area contributed by atoms with E-state index in [1.165, 1.54) is 0 Å². The molecule has 0 N–H and O–H groups in total. The van der Waals surface area contributed by atoms with E-state index >= 15 is 0 Å². The van der Waals surface area contributed by atoms with Crippen LogP contribution in [-0.2, 0) is 15.1 Å². The van der Waals surface area contributed by atoms with Gasteiger partial charge in [0.25, 0.3) is 0 Å². The molecule has 0 radical (unpaired) electrons. The molecule has 1 saturated heterocycles. The third-order valence-electron chi connectivity index (χ3n) is 3.31. The number of halogens is 1. The second-order valence-electron chi connectivity index (χ2n) is 4.50. The number of unbranched alkanes of at least 4 members (excludes halogenated alkanes) is 1. The van der Waals surface area contributed by atoms with E-state index in [4.69, 9.17) is 4.74 Å². The van der Waals surface area contributed by atoms with Crippen LogP contribution in [0.2, 0.25) is 0 Å². The lowest BCUT2D eigenvalue weighted by molar-refractivity contribution is -0.151. The van der Waals surface area contributed by atoms with Gasteiger partial charge in [0, 0.05) is 0 Å². The highest BCUT2D eigenvalue weighted by Crippen LogP contribution is 2.43. The predicted molar refractivity (Wildman–Crippen MR) is 63.3 cm³/mol. The lowest BCUT2D eigenvalue weighted by atomic mass is 9.85. The second kappa shape index (κ2) is 4.86. The zero-order chi connectivity index (χ0) is 12.3. The molecular weight excluding hydrogens is 219 g/mol. The van der Waals surface area contributed by atoms with Crippen LogP contribution in [0.3, 0.4) is 0 Å². The Balaban J connectivity index is 2.34. The SMILES string of the molecule is CCCC[C@@]1(c2ccccc2)OC(=O)C[C@@H]1F.